The molecular formula is C16H32. The summed E-state index contributed by atoms with van der Waals surface area (Å²) in [5.41, 5.74) is 0. The lowest BCUT2D eigenvalue weighted by atomic mass is 9.84. The molecule has 2 fully saturated rings. The fourth-order valence-electron chi connectivity index (χ4n) is 3.16. The van der Waals surface area contributed by atoms with Gasteiger partial charge in [0.25, 0.3) is 0 Å². The minimum atomic E-state index is 1.01. The first-order chi connectivity index (χ1) is 7.58. The maximum Gasteiger partial charge on any atom is -0.0440 e. The lowest BCUT2D eigenvalue weighted by Crippen LogP contribution is -2.09. The average Bonchev–Trinajstić information content (AvgIpc) is 2.23. The van der Waals surface area contributed by atoms with E-state index in [4.69, 9.17) is 0 Å². The van der Waals surface area contributed by atoms with Crippen LogP contribution in [0.2, 0.25) is 0 Å². The second-order valence-corrected chi connectivity index (χ2v) is 6.74. The average molecular weight is 224 g/mol. The normalized spacial score (nSPS) is 39.8. The molecule has 2 atom stereocenters. The van der Waals surface area contributed by atoms with Gasteiger partial charge in [-0.1, -0.05) is 72.6 Å². The van der Waals surface area contributed by atoms with Gasteiger partial charge in [0, 0.05) is 0 Å². The maximum atomic E-state index is 2.37. The second kappa shape index (κ2) is 7.35. The monoisotopic (exact) mass is 224 g/mol. The largest absolute Gasteiger partial charge is 0.0625 e. The van der Waals surface area contributed by atoms with Crippen molar-refractivity contribution >= 4 is 0 Å². The quantitative estimate of drug-likeness (QED) is 0.497. The molecule has 0 aromatic heterocycles. The van der Waals surface area contributed by atoms with Crippen LogP contribution in [-0.2, 0) is 0 Å². The van der Waals surface area contributed by atoms with E-state index in [1.54, 1.807) is 0 Å². The van der Waals surface area contributed by atoms with Gasteiger partial charge in [-0.15, -0.1) is 0 Å². The van der Waals surface area contributed by atoms with Gasteiger partial charge in [0.15, 0.2) is 0 Å². The van der Waals surface area contributed by atoms with Gasteiger partial charge in [-0.25, -0.2) is 0 Å². The van der Waals surface area contributed by atoms with E-state index in [0.29, 0.717) is 0 Å². The molecule has 0 nitrogen and oxygen atoms in total. The molecule has 2 saturated carbocycles. The molecule has 0 aromatic carbocycles. The fraction of sp³-hybridized carbons (Fsp3) is 1.00. The molecule has 0 aliphatic heterocycles. The van der Waals surface area contributed by atoms with Crippen molar-refractivity contribution in [2.24, 2.45) is 23.7 Å². The first-order valence-electron chi connectivity index (χ1n) is 7.58. The van der Waals surface area contributed by atoms with Crippen molar-refractivity contribution in [3.63, 3.8) is 0 Å². The molecule has 0 radical (unpaired) electrons. The van der Waals surface area contributed by atoms with Crippen molar-refractivity contribution in [3.05, 3.63) is 0 Å². The van der Waals surface area contributed by atoms with Gasteiger partial charge >= 0.3 is 0 Å². The molecule has 0 amide bonds. The summed E-state index contributed by atoms with van der Waals surface area (Å²) in [5, 5.41) is 0. The minimum Gasteiger partial charge on any atom is -0.0625 e. The van der Waals surface area contributed by atoms with Crippen molar-refractivity contribution < 1.29 is 0 Å². The van der Waals surface area contributed by atoms with Crippen molar-refractivity contribution in [2.75, 3.05) is 0 Å². The highest BCUT2D eigenvalue weighted by Gasteiger charge is 2.14. The Morgan fingerprint density at radius 3 is 1.12 bits per heavy atom. The van der Waals surface area contributed by atoms with E-state index in [0.717, 1.165) is 23.7 Å². The fourth-order valence-corrected chi connectivity index (χ4v) is 3.16. The van der Waals surface area contributed by atoms with Crippen LogP contribution in [0.3, 0.4) is 0 Å². The van der Waals surface area contributed by atoms with Crippen LogP contribution in [0.4, 0.5) is 0 Å². The molecule has 0 heterocycles. The van der Waals surface area contributed by atoms with E-state index in [1.807, 2.05) is 0 Å². The molecule has 2 aliphatic rings. The maximum absolute atomic E-state index is 2.37. The second-order valence-electron chi connectivity index (χ2n) is 6.74. The molecule has 0 saturated heterocycles. The van der Waals surface area contributed by atoms with Crippen LogP contribution in [0.5, 0.6) is 0 Å². The third-order valence-corrected chi connectivity index (χ3v) is 4.50. The number of hydrogen-bond donors (Lipinski definition) is 0. The van der Waals surface area contributed by atoms with E-state index in [-0.39, 0.29) is 0 Å². The van der Waals surface area contributed by atoms with Gasteiger partial charge in [0.1, 0.15) is 0 Å². The van der Waals surface area contributed by atoms with Crippen LogP contribution in [-0.4, -0.2) is 0 Å². The SMILES string of the molecule is CC1CCC(C)CC1.CC1CCC[C@H](C)C1. The molecule has 0 heteroatoms. The number of rotatable bonds is 0. The summed E-state index contributed by atoms with van der Waals surface area (Å²) in [5.74, 6) is 4.06. The summed E-state index contributed by atoms with van der Waals surface area (Å²) in [6.45, 7) is 9.48. The molecule has 0 N–H and O–H groups in total. The van der Waals surface area contributed by atoms with Crippen LogP contribution < -0.4 is 0 Å². The summed E-state index contributed by atoms with van der Waals surface area (Å²) in [4.78, 5) is 0. The molecule has 2 aliphatic carbocycles. The van der Waals surface area contributed by atoms with Crippen LogP contribution in [0, 0.1) is 23.7 Å². The van der Waals surface area contributed by atoms with Gasteiger partial charge in [-0.2, -0.15) is 0 Å². The zero-order chi connectivity index (χ0) is 12.0. The zero-order valence-corrected chi connectivity index (χ0v) is 12.0. The Labute approximate surface area is 103 Å². The first-order valence-corrected chi connectivity index (χ1v) is 7.58. The smallest absolute Gasteiger partial charge is 0.0440 e. The predicted molar refractivity (Wildman–Crippen MR) is 73.6 cm³/mol. The van der Waals surface area contributed by atoms with E-state index in [2.05, 4.69) is 27.7 Å². The van der Waals surface area contributed by atoms with E-state index < -0.39 is 0 Å². The molecule has 2 rings (SSSR count). The van der Waals surface area contributed by atoms with Crippen molar-refractivity contribution in [1.82, 2.24) is 0 Å². The highest BCUT2D eigenvalue weighted by atomic mass is 14.2. The summed E-state index contributed by atoms with van der Waals surface area (Å²) < 4.78 is 0. The van der Waals surface area contributed by atoms with E-state index in [1.165, 1.54) is 51.4 Å². The molecular weight excluding hydrogens is 192 g/mol. The van der Waals surface area contributed by atoms with Gasteiger partial charge in [0.05, 0.1) is 0 Å². The zero-order valence-electron chi connectivity index (χ0n) is 12.0. The Bertz CT molecular complexity index is 147. The Balaban J connectivity index is 0.000000160. The molecule has 16 heavy (non-hydrogen) atoms. The Morgan fingerprint density at radius 2 is 0.875 bits per heavy atom. The topological polar surface area (TPSA) is 0 Å². The molecule has 0 bridgehead atoms. The Hall–Kier alpha value is 0. The molecule has 1 unspecified atom stereocenters. The van der Waals surface area contributed by atoms with Crippen molar-refractivity contribution in [2.45, 2.75) is 79.1 Å². The van der Waals surface area contributed by atoms with Crippen LogP contribution in [0.1, 0.15) is 79.1 Å². The van der Waals surface area contributed by atoms with Gasteiger partial charge in [-0.3, -0.25) is 0 Å². The molecule has 96 valence electrons. The number of hydrogen-bond acceptors (Lipinski definition) is 0. The first kappa shape index (κ1) is 14.1. The predicted octanol–water partition coefficient (Wildman–Crippen LogP) is 5.67. The van der Waals surface area contributed by atoms with Gasteiger partial charge in [0.2, 0.25) is 0 Å². The Kier molecular flexibility index (Phi) is 6.46. The highest BCUT2D eigenvalue weighted by Crippen LogP contribution is 2.28. The summed E-state index contributed by atoms with van der Waals surface area (Å²) >= 11 is 0. The summed E-state index contributed by atoms with van der Waals surface area (Å²) in [7, 11) is 0. The third kappa shape index (κ3) is 5.92. The lowest BCUT2D eigenvalue weighted by molar-refractivity contribution is 0.301. The summed E-state index contributed by atoms with van der Waals surface area (Å²) in [6.07, 6.45) is 11.8. The van der Waals surface area contributed by atoms with Crippen molar-refractivity contribution in [1.29, 1.82) is 0 Å². The van der Waals surface area contributed by atoms with Gasteiger partial charge < -0.3 is 0 Å². The highest BCUT2D eigenvalue weighted by molar-refractivity contribution is 4.66. The van der Waals surface area contributed by atoms with Crippen molar-refractivity contribution in [3.8, 4) is 0 Å². The van der Waals surface area contributed by atoms with Crippen LogP contribution in [0.15, 0.2) is 0 Å². The van der Waals surface area contributed by atoms with Crippen LogP contribution >= 0.6 is 0 Å². The van der Waals surface area contributed by atoms with Gasteiger partial charge in [-0.05, 0) is 30.1 Å². The van der Waals surface area contributed by atoms with E-state index in [9.17, 15) is 0 Å². The minimum absolute atomic E-state index is 1.01. The van der Waals surface area contributed by atoms with E-state index >= 15 is 0 Å². The molecule has 0 spiro atoms. The lowest BCUT2D eigenvalue weighted by Gasteiger charge is -2.22. The Morgan fingerprint density at radius 1 is 0.500 bits per heavy atom. The standard InChI is InChI=1S/2C8H16/c1-7-3-5-8(2)6-4-7;1-7-4-3-5-8(2)6-7/h2*7-8H,3-6H2,1-2H3/t;7-,8?/m.0/s1. The van der Waals surface area contributed by atoms with Crippen LogP contribution in [0.25, 0.3) is 0 Å². The third-order valence-electron chi connectivity index (χ3n) is 4.50. The summed E-state index contributed by atoms with van der Waals surface area (Å²) in [6, 6.07) is 0. The molecule has 0 aromatic rings.